The fourth-order valence-electron chi connectivity index (χ4n) is 3.66. The van der Waals surface area contributed by atoms with Crippen molar-refractivity contribution in [2.75, 3.05) is 19.6 Å². The molecule has 2 aliphatic heterocycles. The molecule has 2 aliphatic rings. The van der Waals surface area contributed by atoms with E-state index < -0.39 is 0 Å². The van der Waals surface area contributed by atoms with Crippen LogP contribution in [0.15, 0.2) is 65.1 Å². The molecule has 1 unspecified atom stereocenters. The highest BCUT2D eigenvalue weighted by atomic mass is 16.3. The van der Waals surface area contributed by atoms with E-state index in [4.69, 9.17) is 0 Å². The number of piperazine rings is 1. The second-order valence-corrected chi connectivity index (χ2v) is 7.30. The van der Waals surface area contributed by atoms with E-state index in [1.807, 2.05) is 18.2 Å². The molecule has 7 heteroatoms. The third-order valence-electron chi connectivity index (χ3n) is 5.41. The smallest absolute Gasteiger partial charge is 0.131 e. The quantitative estimate of drug-likeness (QED) is 0.700. The van der Waals surface area contributed by atoms with Crippen LogP contribution in [0.1, 0.15) is 25.3 Å². The summed E-state index contributed by atoms with van der Waals surface area (Å²) in [5, 5.41) is 29.9. The number of nitrogens with zero attached hydrogens (tertiary/aromatic N) is 4. The molecule has 1 atom stereocenters. The van der Waals surface area contributed by atoms with Gasteiger partial charge in [-0.05, 0) is 30.2 Å². The average molecular weight is 390 g/mol. The van der Waals surface area contributed by atoms with Gasteiger partial charge >= 0.3 is 0 Å². The number of hydrogen-bond acceptors (Lipinski definition) is 6. The van der Waals surface area contributed by atoms with Gasteiger partial charge in [0.15, 0.2) is 0 Å². The van der Waals surface area contributed by atoms with Crippen molar-refractivity contribution in [2.24, 2.45) is 10.2 Å². The van der Waals surface area contributed by atoms with Gasteiger partial charge in [0.25, 0.3) is 0 Å². The molecule has 0 saturated carbocycles. The van der Waals surface area contributed by atoms with Gasteiger partial charge in [0.2, 0.25) is 0 Å². The van der Waals surface area contributed by atoms with Gasteiger partial charge in [-0.1, -0.05) is 24.6 Å². The van der Waals surface area contributed by atoms with E-state index in [2.05, 4.69) is 50.2 Å². The van der Waals surface area contributed by atoms with Crippen molar-refractivity contribution in [1.82, 2.24) is 20.4 Å². The van der Waals surface area contributed by atoms with Crippen molar-refractivity contribution in [1.29, 1.82) is 0 Å². The number of aromatic amines is 1. The maximum absolute atomic E-state index is 10.7. The second-order valence-electron chi connectivity index (χ2n) is 7.30. The molecule has 0 radical (unpaired) electrons. The first-order chi connectivity index (χ1) is 14.2. The first-order valence-electron chi connectivity index (χ1n) is 9.95. The maximum atomic E-state index is 10.7. The van der Waals surface area contributed by atoms with Gasteiger partial charge in [-0.3, -0.25) is 5.10 Å². The Hall–Kier alpha value is -3.19. The molecule has 0 amide bonds. The van der Waals surface area contributed by atoms with Crippen LogP contribution >= 0.6 is 0 Å². The van der Waals surface area contributed by atoms with Gasteiger partial charge in [-0.15, -0.1) is 16.8 Å². The second kappa shape index (κ2) is 8.45. The largest absolute Gasteiger partial charge is 0.507 e. The number of H-pyrrole nitrogens is 1. The fourth-order valence-corrected chi connectivity index (χ4v) is 3.66. The van der Waals surface area contributed by atoms with Crippen LogP contribution < -0.4 is 5.32 Å². The van der Waals surface area contributed by atoms with Crippen LogP contribution in [0, 0.1) is 0 Å². The first kappa shape index (κ1) is 19.1. The Kier molecular flexibility index (Phi) is 5.57. The Morgan fingerprint density at radius 3 is 2.93 bits per heavy atom. The zero-order valence-electron chi connectivity index (χ0n) is 16.6. The highest BCUT2D eigenvalue weighted by molar-refractivity contribution is 6.12. The van der Waals surface area contributed by atoms with E-state index in [0.717, 1.165) is 49.4 Å². The summed E-state index contributed by atoms with van der Waals surface area (Å²) in [4.78, 5) is 2.28. The van der Waals surface area contributed by atoms with E-state index in [-0.39, 0.29) is 11.8 Å². The third-order valence-corrected chi connectivity index (χ3v) is 5.41. The van der Waals surface area contributed by atoms with E-state index in [1.54, 1.807) is 18.5 Å². The minimum atomic E-state index is 0.182. The number of aromatic hydroxyl groups is 1. The van der Waals surface area contributed by atoms with Crippen LogP contribution in [0.3, 0.4) is 0 Å². The lowest BCUT2D eigenvalue weighted by Gasteiger charge is -2.34. The molecule has 1 aromatic heterocycles. The topological polar surface area (TPSA) is 88.9 Å². The van der Waals surface area contributed by atoms with E-state index >= 15 is 0 Å². The molecular formula is C22H26N6O. The Morgan fingerprint density at radius 1 is 1.31 bits per heavy atom. The van der Waals surface area contributed by atoms with Crippen LogP contribution in [-0.4, -0.2) is 57.4 Å². The lowest BCUT2D eigenvalue weighted by molar-refractivity contribution is 0.316. The molecule has 2 aromatic rings. The summed E-state index contributed by atoms with van der Waals surface area (Å²) in [5.41, 5.74) is 4.43. The zero-order valence-corrected chi connectivity index (χ0v) is 16.6. The van der Waals surface area contributed by atoms with Gasteiger partial charge in [0.05, 0.1) is 11.9 Å². The number of aromatic nitrogens is 2. The summed E-state index contributed by atoms with van der Waals surface area (Å²) in [5.74, 6) is 1.15. The minimum absolute atomic E-state index is 0.182. The van der Waals surface area contributed by atoms with Crippen LogP contribution in [0.25, 0.3) is 11.1 Å². The molecule has 0 bridgehead atoms. The van der Waals surface area contributed by atoms with Crippen molar-refractivity contribution in [3.63, 3.8) is 0 Å². The Labute approximate surface area is 170 Å². The molecule has 3 heterocycles. The number of amidine groups is 1. The zero-order chi connectivity index (χ0) is 20.2. The molecule has 4 rings (SSSR count). The summed E-state index contributed by atoms with van der Waals surface area (Å²) < 4.78 is 0. The summed E-state index contributed by atoms with van der Waals surface area (Å²) in [6, 6.07) is 5.84. The molecule has 1 fully saturated rings. The third kappa shape index (κ3) is 4.14. The number of benzene rings is 1. The van der Waals surface area contributed by atoms with Gasteiger partial charge in [0, 0.05) is 49.4 Å². The highest BCUT2D eigenvalue weighted by Gasteiger charge is 2.22. The normalized spacial score (nSPS) is 19.8. The summed E-state index contributed by atoms with van der Waals surface area (Å²) in [7, 11) is 0. The molecule has 29 heavy (non-hydrogen) atoms. The number of nitrogens with one attached hydrogen (secondary N) is 2. The lowest BCUT2D eigenvalue weighted by Crippen LogP contribution is -2.51. The van der Waals surface area contributed by atoms with Crippen molar-refractivity contribution >= 4 is 11.5 Å². The fraction of sp³-hybridized carbons (Fsp3) is 0.318. The summed E-state index contributed by atoms with van der Waals surface area (Å²) in [6.45, 7) is 8.67. The van der Waals surface area contributed by atoms with Crippen LogP contribution in [0.5, 0.6) is 5.75 Å². The Balaban J connectivity index is 1.65. The van der Waals surface area contributed by atoms with E-state index in [9.17, 15) is 5.11 Å². The Morgan fingerprint density at radius 2 is 2.21 bits per heavy atom. The maximum Gasteiger partial charge on any atom is 0.131 e. The van der Waals surface area contributed by atoms with Crippen molar-refractivity contribution < 1.29 is 5.11 Å². The van der Waals surface area contributed by atoms with E-state index in [0.29, 0.717) is 11.3 Å². The van der Waals surface area contributed by atoms with Gasteiger partial charge in [-0.2, -0.15) is 5.10 Å². The van der Waals surface area contributed by atoms with Gasteiger partial charge in [-0.25, -0.2) is 0 Å². The predicted molar refractivity (Wildman–Crippen MR) is 116 cm³/mol. The van der Waals surface area contributed by atoms with Gasteiger partial charge < -0.3 is 15.3 Å². The average Bonchev–Trinajstić information content (AvgIpc) is 3.21. The van der Waals surface area contributed by atoms with Crippen molar-refractivity contribution in [3.8, 4) is 16.9 Å². The van der Waals surface area contributed by atoms with Crippen molar-refractivity contribution in [3.05, 3.63) is 60.5 Å². The minimum Gasteiger partial charge on any atom is -0.507 e. The molecule has 0 spiro atoms. The number of allylic oxidation sites excluding steroid dienone is 1. The predicted octanol–water partition coefficient (Wildman–Crippen LogP) is 3.08. The molecular weight excluding hydrogens is 364 g/mol. The molecule has 1 aromatic carbocycles. The van der Waals surface area contributed by atoms with Gasteiger partial charge in [0.1, 0.15) is 11.6 Å². The lowest BCUT2D eigenvalue weighted by atomic mass is 10.00. The molecule has 0 aliphatic carbocycles. The molecule has 150 valence electrons. The summed E-state index contributed by atoms with van der Waals surface area (Å²) >= 11 is 0. The number of rotatable bonds is 4. The van der Waals surface area contributed by atoms with E-state index in [1.165, 1.54) is 5.57 Å². The Bertz CT molecular complexity index is 973. The number of phenolic OH excluding ortho intramolecular Hbond substituents is 1. The first-order valence-corrected chi connectivity index (χ1v) is 9.95. The standard InChI is InChI=1S/C22H26N6O/c1-3-15-9-20(19-6-5-16(11-21(19)29)17-12-24-25-13-17)26-27-22(10-15)28-8-7-23-18(4-2)14-28/h4-6,9,11-13,18,23,29H,2-3,7-8,10,14H2,1H3,(H,24,25). The van der Waals surface area contributed by atoms with Crippen LogP contribution in [-0.2, 0) is 0 Å². The highest BCUT2D eigenvalue weighted by Crippen LogP contribution is 2.28. The van der Waals surface area contributed by atoms with Crippen LogP contribution in [0.4, 0.5) is 0 Å². The van der Waals surface area contributed by atoms with Crippen molar-refractivity contribution in [2.45, 2.75) is 25.8 Å². The molecule has 1 saturated heterocycles. The van der Waals surface area contributed by atoms with Crippen LogP contribution in [0.2, 0.25) is 0 Å². The SMILES string of the molecule is C=CC1CN(C2=NN=C(c3ccc(-c4cn[nH]c4)cc3O)C=C(CC)C2)CCN1. The summed E-state index contributed by atoms with van der Waals surface area (Å²) in [6.07, 6.45) is 9.19. The molecule has 7 nitrogen and oxygen atoms in total. The number of phenols is 1. The molecule has 3 N–H and O–H groups in total. The monoisotopic (exact) mass is 390 g/mol. The number of hydrogen-bond donors (Lipinski definition) is 3.